The highest BCUT2D eigenvalue weighted by Crippen LogP contribution is 2.34. The molecule has 2 amide bonds. The second-order valence-electron chi connectivity index (χ2n) is 6.20. The van der Waals surface area contributed by atoms with Gasteiger partial charge in [-0.1, -0.05) is 30.3 Å². The highest BCUT2D eigenvalue weighted by atomic mass is 16.5. The predicted octanol–water partition coefficient (Wildman–Crippen LogP) is 2.71. The van der Waals surface area contributed by atoms with Crippen LogP contribution in [-0.2, 0) is 16.1 Å². The fraction of sp³-hybridized carbons (Fsp3) is 0.263. The molecule has 1 unspecified atom stereocenters. The molecule has 0 aliphatic carbocycles. The van der Waals surface area contributed by atoms with E-state index in [-0.39, 0.29) is 0 Å². The standard InChI is InChI=1S/C19H20N2O3/c1-12-8-9-16-15(10-12)21-18(23)19(3,24-16)17(22)20-11-14-7-5-4-6-13(14)2/h4-10H,11H2,1-3H3,(H,20,22)(H,21,23). The Labute approximate surface area is 141 Å². The van der Waals surface area contributed by atoms with Crippen molar-refractivity contribution < 1.29 is 14.3 Å². The molecule has 1 aliphatic rings. The zero-order valence-corrected chi connectivity index (χ0v) is 14.0. The first-order valence-corrected chi connectivity index (χ1v) is 7.84. The molecular formula is C19H20N2O3. The van der Waals surface area contributed by atoms with Crippen molar-refractivity contribution in [2.45, 2.75) is 32.9 Å². The van der Waals surface area contributed by atoms with Crippen LogP contribution < -0.4 is 15.4 Å². The average molecular weight is 324 g/mol. The first kappa shape index (κ1) is 16.1. The summed E-state index contributed by atoms with van der Waals surface area (Å²) in [5.41, 5.74) is 2.08. The van der Waals surface area contributed by atoms with Crippen LogP contribution >= 0.6 is 0 Å². The molecule has 0 aromatic heterocycles. The molecular weight excluding hydrogens is 304 g/mol. The normalized spacial score (nSPS) is 19.0. The predicted molar refractivity (Wildman–Crippen MR) is 91.9 cm³/mol. The number of aryl methyl sites for hydroxylation is 2. The molecule has 0 saturated carbocycles. The van der Waals surface area contributed by atoms with Crippen LogP contribution in [0.25, 0.3) is 0 Å². The number of amides is 2. The Bertz CT molecular complexity index is 816. The Morgan fingerprint density at radius 2 is 1.96 bits per heavy atom. The smallest absolute Gasteiger partial charge is 0.278 e. The summed E-state index contributed by atoms with van der Waals surface area (Å²) in [4.78, 5) is 25.0. The summed E-state index contributed by atoms with van der Waals surface area (Å²) in [6.07, 6.45) is 0. The maximum Gasteiger partial charge on any atom is 0.278 e. The van der Waals surface area contributed by atoms with E-state index < -0.39 is 17.4 Å². The van der Waals surface area contributed by atoms with Gasteiger partial charge in [0, 0.05) is 6.54 Å². The Hall–Kier alpha value is -2.82. The molecule has 0 fully saturated rings. The maximum atomic E-state index is 12.6. The van der Waals surface area contributed by atoms with Crippen LogP contribution in [0.15, 0.2) is 42.5 Å². The van der Waals surface area contributed by atoms with Crippen LogP contribution in [0.3, 0.4) is 0 Å². The highest BCUT2D eigenvalue weighted by molar-refractivity contribution is 6.15. The number of nitrogens with one attached hydrogen (secondary N) is 2. The molecule has 124 valence electrons. The molecule has 3 rings (SSSR count). The zero-order valence-electron chi connectivity index (χ0n) is 14.0. The van der Waals surface area contributed by atoms with E-state index in [2.05, 4.69) is 10.6 Å². The fourth-order valence-electron chi connectivity index (χ4n) is 2.64. The van der Waals surface area contributed by atoms with Crippen molar-refractivity contribution in [3.05, 3.63) is 59.2 Å². The van der Waals surface area contributed by atoms with Gasteiger partial charge in [-0.25, -0.2) is 0 Å². The van der Waals surface area contributed by atoms with Crippen molar-refractivity contribution in [3.8, 4) is 5.75 Å². The molecule has 5 nitrogen and oxygen atoms in total. The Balaban J connectivity index is 1.77. The number of hydrogen-bond acceptors (Lipinski definition) is 3. The van der Waals surface area contributed by atoms with Crippen molar-refractivity contribution >= 4 is 17.5 Å². The van der Waals surface area contributed by atoms with Crippen LogP contribution in [0, 0.1) is 13.8 Å². The molecule has 1 atom stereocenters. The van der Waals surface area contributed by atoms with E-state index in [1.54, 1.807) is 6.07 Å². The first-order valence-electron chi connectivity index (χ1n) is 7.84. The number of carbonyl (C=O) groups excluding carboxylic acids is 2. The van der Waals surface area contributed by atoms with Crippen molar-refractivity contribution in [1.82, 2.24) is 5.32 Å². The topological polar surface area (TPSA) is 67.4 Å². The summed E-state index contributed by atoms with van der Waals surface area (Å²) < 4.78 is 5.74. The third-order valence-corrected chi connectivity index (χ3v) is 4.26. The van der Waals surface area contributed by atoms with Crippen molar-refractivity contribution in [2.24, 2.45) is 0 Å². The van der Waals surface area contributed by atoms with E-state index in [0.717, 1.165) is 16.7 Å². The van der Waals surface area contributed by atoms with Gasteiger partial charge in [0.15, 0.2) is 0 Å². The SMILES string of the molecule is Cc1ccc2c(c1)NC(=O)C(C)(C(=O)NCc1ccccc1C)O2. The molecule has 24 heavy (non-hydrogen) atoms. The van der Waals surface area contributed by atoms with Crippen molar-refractivity contribution in [1.29, 1.82) is 0 Å². The molecule has 0 saturated heterocycles. The number of ether oxygens (including phenoxy) is 1. The molecule has 1 aliphatic heterocycles. The number of fused-ring (bicyclic) bond motifs is 1. The summed E-state index contributed by atoms with van der Waals surface area (Å²) in [7, 11) is 0. The molecule has 0 bridgehead atoms. The van der Waals surface area contributed by atoms with Gasteiger partial charge in [-0.2, -0.15) is 0 Å². The fourth-order valence-corrected chi connectivity index (χ4v) is 2.64. The lowest BCUT2D eigenvalue weighted by Gasteiger charge is -2.33. The Morgan fingerprint density at radius 3 is 2.71 bits per heavy atom. The second kappa shape index (κ2) is 6.00. The molecule has 0 spiro atoms. The minimum atomic E-state index is -1.59. The van der Waals surface area contributed by atoms with Crippen LogP contribution in [0.1, 0.15) is 23.6 Å². The molecule has 2 N–H and O–H groups in total. The lowest BCUT2D eigenvalue weighted by atomic mass is 10.0. The zero-order chi connectivity index (χ0) is 17.3. The van der Waals surface area contributed by atoms with Gasteiger partial charge in [0.1, 0.15) is 5.75 Å². The lowest BCUT2D eigenvalue weighted by Crippen LogP contribution is -2.58. The van der Waals surface area contributed by atoms with Crippen molar-refractivity contribution in [2.75, 3.05) is 5.32 Å². The average Bonchev–Trinajstić information content (AvgIpc) is 2.55. The van der Waals surface area contributed by atoms with Crippen LogP contribution in [0.2, 0.25) is 0 Å². The molecule has 5 heteroatoms. The van der Waals surface area contributed by atoms with Gasteiger partial charge in [0.2, 0.25) is 0 Å². The lowest BCUT2D eigenvalue weighted by molar-refractivity contribution is -0.146. The van der Waals surface area contributed by atoms with E-state index >= 15 is 0 Å². The minimum absolute atomic E-state index is 0.346. The quantitative estimate of drug-likeness (QED) is 0.853. The maximum absolute atomic E-state index is 12.6. The monoisotopic (exact) mass is 324 g/mol. The van der Waals surface area contributed by atoms with E-state index in [0.29, 0.717) is 18.0 Å². The molecule has 2 aromatic rings. The second-order valence-corrected chi connectivity index (χ2v) is 6.20. The first-order chi connectivity index (χ1) is 11.4. The number of carbonyl (C=O) groups is 2. The van der Waals surface area contributed by atoms with Crippen LogP contribution in [0.5, 0.6) is 5.75 Å². The van der Waals surface area contributed by atoms with E-state index in [1.807, 2.05) is 50.2 Å². The summed E-state index contributed by atoms with van der Waals surface area (Å²) >= 11 is 0. The number of benzene rings is 2. The highest BCUT2D eigenvalue weighted by Gasteiger charge is 2.47. The molecule has 2 aromatic carbocycles. The minimum Gasteiger partial charge on any atom is -0.466 e. The third-order valence-electron chi connectivity index (χ3n) is 4.26. The van der Waals surface area contributed by atoms with Gasteiger partial charge in [0.05, 0.1) is 5.69 Å². The van der Waals surface area contributed by atoms with Gasteiger partial charge in [-0.05, 0) is 49.6 Å². The summed E-state index contributed by atoms with van der Waals surface area (Å²) in [5, 5.41) is 5.55. The summed E-state index contributed by atoms with van der Waals surface area (Å²) in [5.74, 6) is -0.439. The van der Waals surface area contributed by atoms with E-state index in [4.69, 9.17) is 4.74 Å². The number of rotatable bonds is 3. The van der Waals surface area contributed by atoms with Gasteiger partial charge in [-0.3, -0.25) is 9.59 Å². The Morgan fingerprint density at radius 1 is 1.21 bits per heavy atom. The molecule has 1 heterocycles. The number of hydrogen-bond donors (Lipinski definition) is 2. The third kappa shape index (κ3) is 2.85. The van der Waals surface area contributed by atoms with Crippen LogP contribution in [-0.4, -0.2) is 17.4 Å². The van der Waals surface area contributed by atoms with E-state index in [9.17, 15) is 9.59 Å². The summed E-state index contributed by atoms with van der Waals surface area (Å²) in [6, 6.07) is 13.2. The van der Waals surface area contributed by atoms with Gasteiger partial charge in [-0.15, -0.1) is 0 Å². The van der Waals surface area contributed by atoms with Gasteiger partial charge >= 0.3 is 0 Å². The number of anilines is 1. The van der Waals surface area contributed by atoms with Crippen LogP contribution in [0.4, 0.5) is 5.69 Å². The van der Waals surface area contributed by atoms with E-state index in [1.165, 1.54) is 6.92 Å². The van der Waals surface area contributed by atoms with Gasteiger partial charge in [0.25, 0.3) is 17.4 Å². The molecule has 0 radical (unpaired) electrons. The van der Waals surface area contributed by atoms with Crippen molar-refractivity contribution in [3.63, 3.8) is 0 Å². The summed E-state index contributed by atoms with van der Waals surface area (Å²) in [6.45, 7) is 5.73. The van der Waals surface area contributed by atoms with Gasteiger partial charge < -0.3 is 15.4 Å². The largest absolute Gasteiger partial charge is 0.466 e. The Kier molecular flexibility index (Phi) is 4.01.